The summed E-state index contributed by atoms with van der Waals surface area (Å²) in [6, 6.07) is 3.06. The van der Waals surface area contributed by atoms with Gasteiger partial charge < -0.3 is 10.4 Å². The minimum absolute atomic E-state index is 0.0522. The Morgan fingerprint density at radius 1 is 1.37 bits per heavy atom. The van der Waals surface area contributed by atoms with Gasteiger partial charge in [-0.3, -0.25) is 9.59 Å². The predicted molar refractivity (Wildman–Crippen MR) is 69.1 cm³/mol. The van der Waals surface area contributed by atoms with Crippen molar-refractivity contribution in [2.75, 3.05) is 16.8 Å². The number of hydrogen-bond donors (Lipinski definition) is 2. The minimum atomic E-state index is -1.04. The fraction of sp³-hybridized carbons (Fsp3) is 0.333. The van der Waals surface area contributed by atoms with E-state index in [1.165, 1.54) is 6.07 Å². The topological polar surface area (TPSA) is 66.4 Å². The van der Waals surface area contributed by atoms with Gasteiger partial charge in [-0.2, -0.15) is 11.8 Å². The zero-order chi connectivity index (χ0) is 14.4. The number of benzene rings is 1. The van der Waals surface area contributed by atoms with E-state index in [0.29, 0.717) is 5.75 Å². The number of halogens is 2. The van der Waals surface area contributed by atoms with Crippen LogP contribution in [-0.4, -0.2) is 28.5 Å². The number of hydrogen-bond acceptors (Lipinski definition) is 3. The second-order valence-electron chi connectivity index (χ2n) is 3.93. The van der Waals surface area contributed by atoms with Gasteiger partial charge in [-0.05, 0) is 12.1 Å². The van der Waals surface area contributed by atoms with Crippen molar-refractivity contribution in [3.8, 4) is 0 Å². The number of carbonyl (C=O) groups excluding carboxylic acids is 1. The highest BCUT2D eigenvalue weighted by Crippen LogP contribution is 2.14. The lowest BCUT2D eigenvalue weighted by molar-refractivity contribution is -0.140. The molecule has 1 unspecified atom stereocenters. The minimum Gasteiger partial charge on any atom is -0.481 e. The van der Waals surface area contributed by atoms with Gasteiger partial charge in [0.15, 0.2) is 11.6 Å². The van der Waals surface area contributed by atoms with Gasteiger partial charge >= 0.3 is 5.97 Å². The molecule has 2 N–H and O–H groups in total. The van der Waals surface area contributed by atoms with Crippen molar-refractivity contribution in [1.82, 2.24) is 0 Å². The molecule has 0 radical (unpaired) electrons. The zero-order valence-electron chi connectivity index (χ0n) is 10.2. The molecular weight excluding hydrogens is 276 g/mol. The Kier molecular flexibility index (Phi) is 5.75. The van der Waals surface area contributed by atoms with E-state index in [4.69, 9.17) is 5.11 Å². The molecule has 1 aromatic carbocycles. The van der Waals surface area contributed by atoms with E-state index < -0.39 is 29.4 Å². The third-order valence-electron chi connectivity index (χ3n) is 2.23. The lowest BCUT2D eigenvalue weighted by Gasteiger charge is -2.07. The lowest BCUT2D eigenvalue weighted by atomic mass is 10.2. The standard InChI is InChI=1S/C12H13F2NO3S/c1-7(12(17)18)5-19-6-11(16)15-8-2-3-9(13)10(14)4-8/h2-4,7H,5-6H2,1H3,(H,15,16)(H,17,18). The number of anilines is 1. The second-order valence-corrected chi connectivity index (χ2v) is 4.96. The molecule has 0 aliphatic carbocycles. The summed E-state index contributed by atoms with van der Waals surface area (Å²) in [5, 5.41) is 11.0. The molecule has 0 saturated heterocycles. The third kappa shape index (κ3) is 5.25. The summed E-state index contributed by atoms with van der Waals surface area (Å²) >= 11 is 1.16. The van der Waals surface area contributed by atoms with E-state index in [2.05, 4.69) is 5.32 Å². The number of aliphatic carboxylic acids is 1. The van der Waals surface area contributed by atoms with Crippen LogP contribution in [0.3, 0.4) is 0 Å². The first-order valence-electron chi connectivity index (χ1n) is 5.45. The van der Waals surface area contributed by atoms with Crippen molar-refractivity contribution in [3.05, 3.63) is 29.8 Å². The summed E-state index contributed by atoms with van der Waals surface area (Å²) in [7, 11) is 0. The van der Waals surface area contributed by atoms with Gasteiger partial charge in [-0.25, -0.2) is 8.78 Å². The third-order valence-corrected chi connectivity index (χ3v) is 3.43. The highest BCUT2D eigenvalue weighted by molar-refractivity contribution is 8.00. The van der Waals surface area contributed by atoms with Gasteiger partial charge in [0, 0.05) is 17.5 Å². The molecule has 1 amide bonds. The molecule has 0 aliphatic rings. The average Bonchev–Trinajstić information content (AvgIpc) is 2.33. The number of carboxylic acids is 1. The van der Waals surface area contributed by atoms with Gasteiger partial charge in [-0.1, -0.05) is 6.92 Å². The maximum absolute atomic E-state index is 12.9. The monoisotopic (exact) mass is 289 g/mol. The predicted octanol–water partition coefficient (Wildman–Crippen LogP) is 2.36. The molecular formula is C12H13F2NO3S. The highest BCUT2D eigenvalue weighted by atomic mass is 32.2. The van der Waals surface area contributed by atoms with Gasteiger partial charge in [-0.15, -0.1) is 0 Å². The van der Waals surface area contributed by atoms with Crippen LogP contribution in [0.2, 0.25) is 0 Å². The van der Waals surface area contributed by atoms with Crippen LogP contribution >= 0.6 is 11.8 Å². The molecule has 0 fully saturated rings. The van der Waals surface area contributed by atoms with Crippen LogP contribution in [0.4, 0.5) is 14.5 Å². The first-order chi connectivity index (χ1) is 8.90. The Morgan fingerprint density at radius 2 is 2.05 bits per heavy atom. The molecule has 0 aliphatic heterocycles. The summed E-state index contributed by atoms with van der Waals surface area (Å²) in [6.07, 6.45) is 0. The van der Waals surface area contributed by atoms with Gasteiger partial charge in [0.05, 0.1) is 11.7 Å². The number of nitrogens with one attached hydrogen (secondary N) is 1. The van der Waals surface area contributed by atoms with Crippen molar-refractivity contribution < 1.29 is 23.5 Å². The maximum Gasteiger partial charge on any atom is 0.307 e. The quantitative estimate of drug-likeness (QED) is 0.843. The van der Waals surface area contributed by atoms with E-state index in [0.717, 1.165) is 23.9 Å². The molecule has 0 heterocycles. The zero-order valence-corrected chi connectivity index (χ0v) is 11.0. The van der Waals surface area contributed by atoms with Crippen LogP contribution in [0.5, 0.6) is 0 Å². The molecule has 7 heteroatoms. The smallest absolute Gasteiger partial charge is 0.307 e. The lowest BCUT2D eigenvalue weighted by Crippen LogP contribution is -2.17. The molecule has 19 heavy (non-hydrogen) atoms. The number of carboxylic acid groups (broad SMARTS) is 1. The molecule has 0 bridgehead atoms. The Hall–Kier alpha value is -1.63. The molecule has 0 spiro atoms. The molecule has 1 rings (SSSR count). The second kappa shape index (κ2) is 7.08. The Morgan fingerprint density at radius 3 is 2.63 bits per heavy atom. The average molecular weight is 289 g/mol. The number of carbonyl (C=O) groups is 2. The van der Waals surface area contributed by atoms with Crippen LogP contribution in [0.1, 0.15) is 6.92 Å². The van der Waals surface area contributed by atoms with Gasteiger partial charge in [0.2, 0.25) is 5.91 Å². The van der Waals surface area contributed by atoms with Crippen molar-refractivity contribution >= 4 is 29.3 Å². The number of rotatable bonds is 6. The Bertz CT molecular complexity index is 482. The molecule has 1 aromatic rings. The van der Waals surface area contributed by atoms with E-state index in [1.54, 1.807) is 6.92 Å². The SMILES string of the molecule is CC(CSCC(=O)Nc1ccc(F)c(F)c1)C(=O)O. The number of amides is 1. The van der Waals surface area contributed by atoms with E-state index in [9.17, 15) is 18.4 Å². The van der Waals surface area contributed by atoms with Crippen LogP contribution in [0.15, 0.2) is 18.2 Å². The normalized spacial score (nSPS) is 11.9. The molecule has 1 atom stereocenters. The molecule has 4 nitrogen and oxygen atoms in total. The van der Waals surface area contributed by atoms with Gasteiger partial charge in [0.25, 0.3) is 0 Å². The largest absolute Gasteiger partial charge is 0.481 e. The first-order valence-corrected chi connectivity index (χ1v) is 6.61. The Balaban J connectivity index is 2.39. The number of thioether (sulfide) groups is 1. The summed E-state index contributed by atoms with van der Waals surface area (Å²) in [5.74, 6) is -3.52. The Labute approximate surface area is 113 Å². The summed E-state index contributed by atoms with van der Waals surface area (Å²) in [5.41, 5.74) is 0.163. The van der Waals surface area contributed by atoms with Crippen molar-refractivity contribution in [3.63, 3.8) is 0 Å². The van der Waals surface area contributed by atoms with Crippen LogP contribution in [0, 0.1) is 17.6 Å². The summed E-state index contributed by atoms with van der Waals surface area (Å²) < 4.78 is 25.5. The van der Waals surface area contributed by atoms with Crippen molar-refractivity contribution in [2.45, 2.75) is 6.92 Å². The van der Waals surface area contributed by atoms with Crippen molar-refractivity contribution in [1.29, 1.82) is 0 Å². The van der Waals surface area contributed by atoms with E-state index in [-0.39, 0.29) is 11.4 Å². The van der Waals surface area contributed by atoms with Crippen LogP contribution in [0.25, 0.3) is 0 Å². The van der Waals surface area contributed by atoms with Crippen molar-refractivity contribution in [2.24, 2.45) is 5.92 Å². The van der Waals surface area contributed by atoms with Crippen LogP contribution in [-0.2, 0) is 9.59 Å². The van der Waals surface area contributed by atoms with E-state index in [1.807, 2.05) is 0 Å². The molecule has 104 valence electrons. The fourth-order valence-corrected chi connectivity index (χ4v) is 2.04. The fourth-order valence-electron chi connectivity index (χ4n) is 1.17. The summed E-state index contributed by atoms with van der Waals surface area (Å²) in [4.78, 5) is 22.0. The highest BCUT2D eigenvalue weighted by Gasteiger charge is 2.12. The summed E-state index contributed by atoms with van der Waals surface area (Å²) in [6.45, 7) is 1.54. The van der Waals surface area contributed by atoms with E-state index >= 15 is 0 Å². The van der Waals surface area contributed by atoms with Crippen LogP contribution < -0.4 is 5.32 Å². The first kappa shape index (κ1) is 15.4. The molecule has 0 saturated carbocycles. The molecule has 0 aromatic heterocycles. The van der Waals surface area contributed by atoms with Gasteiger partial charge in [0.1, 0.15) is 0 Å². The maximum atomic E-state index is 12.9.